The standard InChI is InChI=1S/C24H24N2O4S/c1-17(20-7-6-12-25-16-20)21-13-19(10-11-24(27)28)14-22(15-21)18(2)26-31(29,30)23-8-4-3-5-9-23/h3-9,12-16,18,26H,1,10-11H2,2H3,(H,27,28). The average Bonchev–Trinajstić information content (AvgIpc) is 2.78. The number of aliphatic carboxylic acids is 1. The molecule has 0 aliphatic rings. The minimum absolute atomic E-state index is 0.0214. The number of nitrogens with one attached hydrogen (secondary N) is 1. The van der Waals surface area contributed by atoms with Crippen LogP contribution in [0, 0.1) is 0 Å². The molecule has 0 aliphatic carbocycles. The highest BCUT2D eigenvalue weighted by atomic mass is 32.2. The van der Waals surface area contributed by atoms with Crippen LogP contribution in [0.3, 0.4) is 0 Å². The van der Waals surface area contributed by atoms with Crippen molar-refractivity contribution < 1.29 is 18.3 Å². The molecule has 7 heteroatoms. The summed E-state index contributed by atoms with van der Waals surface area (Å²) >= 11 is 0. The molecule has 0 saturated heterocycles. The van der Waals surface area contributed by atoms with Crippen molar-refractivity contribution in [1.82, 2.24) is 9.71 Å². The summed E-state index contributed by atoms with van der Waals surface area (Å²) in [5.41, 5.74) is 3.87. The molecule has 1 atom stereocenters. The molecule has 0 saturated carbocycles. The number of carboxylic acids is 1. The highest BCUT2D eigenvalue weighted by Crippen LogP contribution is 2.27. The molecular formula is C24H24N2O4S. The molecule has 2 aromatic carbocycles. The maximum absolute atomic E-state index is 12.7. The number of hydrogen-bond donors (Lipinski definition) is 2. The van der Waals surface area contributed by atoms with Crippen molar-refractivity contribution >= 4 is 21.6 Å². The molecule has 0 spiro atoms. The van der Waals surface area contributed by atoms with Gasteiger partial charge in [0.05, 0.1) is 4.90 Å². The van der Waals surface area contributed by atoms with E-state index in [1.54, 1.807) is 37.5 Å². The van der Waals surface area contributed by atoms with Gasteiger partial charge in [-0.25, -0.2) is 13.1 Å². The van der Waals surface area contributed by atoms with Gasteiger partial charge in [0.25, 0.3) is 0 Å². The van der Waals surface area contributed by atoms with Crippen LogP contribution in [-0.2, 0) is 21.2 Å². The zero-order valence-corrected chi connectivity index (χ0v) is 18.0. The van der Waals surface area contributed by atoms with E-state index >= 15 is 0 Å². The summed E-state index contributed by atoms with van der Waals surface area (Å²) in [4.78, 5) is 15.4. The van der Waals surface area contributed by atoms with Crippen LogP contribution >= 0.6 is 0 Å². The molecule has 1 aromatic heterocycles. The third-order valence-electron chi connectivity index (χ3n) is 4.89. The second-order valence-electron chi connectivity index (χ2n) is 7.23. The summed E-state index contributed by atoms with van der Waals surface area (Å²) < 4.78 is 28.2. The van der Waals surface area contributed by atoms with Crippen LogP contribution in [0.15, 0.2) is 84.5 Å². The summed E-state index contributed by atoms with van der Waals surface area (Å²) in [5, 5.41) is 9.07. The Bertz CT molecular complexity index is 1180. The fourth-order valence-electron chi connectivity index (χ4n) is 3.21. The van der Waals surface area contributed by atoms with E-state index in [1.165, 1.54) is 12.1 Å². The van der Waals surface area contributed by atoms with Crippen LogP contribution < -0.4 is 4.72 Å². The summed E-state index contributed by atoms with van der Waals surface area (Å²) in [6.07, 6.45) is 3.68. The maximum atomic E-state index is 12.7. The molecule has 1 heterocycles. The van der Waals surface area contributed by atoms with Crippen LogP contribution in [0.25, 0.3) is 5.57 Å². The number of pyridine rings is 1. The van der Waals surface area contributed by atoms with E-state index in [4.69, 9.17) is 5.11 Å². The lowest BCUT2D eigenvalue weighted by Gasteiger charge is -2.18. The number of rotatable bonds is 9. The molecule has 160 valence electrons. The van der Waals surface area contributed by atoms with Gasteiger partial charge >= 0.3 is 5.97 Å². The first-order chi connectivity index (χ1) is 14.8. The molecule has 2 N–H and O–H groups in total. The fourth-order valence-corrected chi connectivity index (χ4v) is 4.47. The van der Waals surface area contributed by atoms with Crippen LogP contribution in [0.5, 0.6) is 0 Å². The fraction of sp³-hybridized carbons (Fsp3) is 0.167. The maximum Gasteiger partial charge on any atom is 0.303 e. The van der Waals surface area contributed by atoms with Gasteiger partial charge in [0, 0.05) is 24.9 Å². The normalized spacial score (nSPS) is 12.3. The van der Waals surface area contributed by atoms with Crippen LogP contribution in [0.1, 0.15) is 41.6 Å². The molecule has 0 fully saturated rings. The van der Waals surface area contributed by atoms with Crippen molar-refractivity contribution in [3.05, 3.63) is 102 Å². The van der Waals surface area contributed by atoms with Gasteiger partial charge in [0.2, 0.25) is 10.0 Å². The molecule has 31 heavy (non-hydrogen) atoms. The van der Waals surface area contributed by atoms with Crippen LogP contribution in [-0.4, -0.2) is 24.5 Å². The Hall–Kier alpha value is -3.29. The predicted octanol–water partition coefficient (Wildman–Crippen LogP) is 4.20. The Kier molecular flexibility index (Phi) is 6.99. The average molecular weight is 437 g/mol. The molecule has 6 nitrogen and oxygen atoms in total. The quantitative estimate of drug-likeness (QED) is 0.524. The Morgan fingerprint density at radius 3 is 2.48 bits per heavy atom. The van der Waals surface area contributed by atoms with Gasteiger partial charge in [-0.1, -0.05) is 43.0 Å². The van der Waals surface area contributed by atoms with E-state index in [0.717, 1.165) is 27.8 Å². The van der Waals surface area contributed by atoms with Gasteiger partial charge < -0.3 is 5.11 Å². The van der Waals surface area contributed by atoms with Gasteiger partial charge in [-0.2, -0.15) is 0 Å². The monoisotopic (exact) mass is 436 g/mol. The lowest BCUT2D eigenvalue weighted by Crippen LogP contribution is -2.27. The van der Waals surface area contributed by atoms with Crippen molar-refractivity contribution in [3.8, 4) is 0 Å². The first kappa shape index (κ1) is 22.4. The Morgan fingerprint density at radius 2 is 1.84 bits per heavy atom. The van der Waals surface area contributed by atoms with Crippen molar-refractivity contribution in [1.29, 1.82) is 0 Å². The zero-order valence-electron chi connectivity index (χ0n) is 17.2. The Morgan fingerprint density at radius 1 is 1.10 bits per heavy atom. The van der Waals surface area contributed by atoms with Gasteiger partial charge in [-0.05, 0) is 65.4 Å². The van der Waals surface area contributed by atoms with Gasteiger partial charge in [0.1, 0.15) is 0 Å². The van der Waals surface area contributed by atoms with E-state index in [2.05, 4.69) is 16.3 Å². The first-order valence-corrected chi connectivity index (χ1v) is 11.3. The van der Waals surface area contributed by atoms with Gasteiger partial charge in [-0.3, -0.25) is 9.78 Å². The Labute approximate surface area is 182 Å². The molecule has 0 aliphatic heterocycles. The van der Waals surface area contributed by atoms with E-state index in [0.29, 0.717) is 6.42 Å². The highest BCUT2D eigenvalue weighted by molar-refractivity contribution is 7.89. The second kappa shape index (κ2) is 9.68. The first-order valence-electron chi connectivity index (χ1n) is 9.79. The van der Waals surface area contributed by atoms with Crippen molar-refractivity contribution in [2.45, 2.75) is 30.7 Å². The zero-order chi connectivity index (χ0) is 22.4. The predicted molar refractivity (Wildman–Crippen MR) is 120 cm³/mol. The third kappa shape index (κ3) is 5.87. The number of carboxylic acid groups (broad SMARTS) is 1. The number of nitrogens with zero attached hydrogens (tertiary/aromatic N) is 1. The van der Waals surface area contributed by atoms with E-state index in [9.17, 15) is 13.2 Å². The smallest absolute Gasteiger partial charge is 0.303 e. The summed E-state index contributed by atoms with van der Waals surface area (Å²) in [6, 6.07) is 16.9. The summed E-state index contributed by atoms with van der Waals surface area (Å²) in [6.45, 7) is 5.92. The lowest BCUT2D eigenvalue weighted by atomic mass is 9.93. The minimum Gasteiger partial charge on any atom is -0.481 e. The number of hydrogen-bond acceptors (Lipinski definition) is 4. The number of aromatic nitrogens is 1. The molecule has 1 unspecified atom stereocenters. The van der Waals surface area contributed by atoms with E-state index in [1.807, 2.05) is 30.3 Å². The molecule has 3 rings (SSSR count). The van der Waals surface area contributed by atoms with Crippen molar-refractivity contribution in [3.63, 3.8) is 0 Å². The topological polar surface area (TPSA) is 96.4 Å². The largest absolute Gasteiger partial charge is 0.481 e. The minimum atomic E-state index is -3.71. The lowest BCUT2D eigenvalue weighted by molar-refractivity contribution is -0.136. The Balaban J connectivity index is 1.95. The van der Waals surface area contributed by atoms with E-state index < -0.39 is 22.0 Å². The summed E-state index contributed by atoms with van der Waals surface area (Å²) in [7, 11) is -3.71. The third-order valence-corrected chi connectivity index (χ3v) is 6.44. The van der Waals surface area contributed by atoms with Crippen LogP contribution in [0.2, 0.25) is 0 Å². The van der Waals surface area contributed by atoms with Crippen molar-refractivity contribution in [2.24, 2.45) is 0 Å². The molecule has 0 bridgehead atoms. The number of carbonyl (C=O) groups is 1. The number of sulfonamides is 1. The number of aryl methyl sites for hydroxylation is 1. The highest BCUT2D eigenvalue weighted by Gasteiger charge is 2.19. The SMILES string of the molecule is C=C(c1cccnc1)c1cc(CCC(=O)O)cc(C(C)NS(=O)(=O)c2ccccc2)c1. The molecule has 0 radical (unpaired) electrons. The molecular weight excluding hydrogens is 412 g/mol. The molecule has 3 aromatic rings. The van der Waals surface area contributed by atoms with Crippen LogP contribution in [0.4, 0.5) is 0 Å². The van der Waals surface area contributed by atoms with Gasteiger partial charge in [0.15, 0.2) is 0 Å². The molecule has 0 amide bonds. The van der Waals surface area contributed by atoms with Gasteiger partial charge in [-0.15, -0.1) is 0 Å². The summed E-state index contributed by atoms with van der Waals surface area (Å²) in [5.74, 6) is -0.893. The number of benzene rings is 2. The second-order valence-corrected chi connectivity index (χ2v) is 8.95. The van der Waals surface area contributed by atoms with E-state index in [-0.39, 0.29) is 11.3 Å². The van der Waals surface area contributed by atoms with Crippen molar-refractivity contribution in [2.75, 3.05) is 0 Å².